The quantitative estimate of drug-likeness (QED) is 0.343. The van der Waals surface area contributed by atoms with Crippen LogP contribution in [0.3, 0.4) is 0 Å². The number of hydrogen-bond acceptors (Lipinski definition) is 5. The third kappa shape index (κ3) is 5.56. The topological polar surface area (TPSA) is 76.8 Å². The van der Waals surface area contributed by atoms with Crippen molar-refractivity contribution in [1.82, 2.24) is 4.90 Å². The van der Waals surface area contributed by atoms with E-state index in [2.05, 4.69) is 0 Å². The second-order valence-electron chi connectivity index (χ2n) is 8.91. The fourth-order valence-electron chi connectivity index (χ4n) is 4.65. The van der Waals surface area contributed by atoms with Crippen molar-refractivity contribution in [2.75, 3.05) is 19.7 Å². The van der Waals surface area contributed by atoms with Gasteiger partial charge in [0.1, 0.15) is 11.4 Å². The lowest BCUT2D eigenvalue weighted by Gasteiger charge is -2.33. The monoisotopic (exact) mass is 499 g/mol. The molecule has 3 aromatic rings. The summed E-state index contributed by atoms with van der Waals surface area (Å²) in [6.45, 7) is 4.94. The fourth-order valence-corrected chi connectivity index (χ4v) is 4.92. The Morgan fingerprint density at radius 3 is 2.74 bits per heavy atom. The molecule has 1 aliphatic rings. The van der Waals surface area contributed by atoms with Crippen LogP contribution in [0.5, 0.6) is 0 Å². The molecule has 0 unspecified atom stereocenters. The van der Waals surface area contributed by atoms with Gasteiger partial charge in [0.15, 0.2) is 0 Å². The normalized spacial score (nSPS) is 16.8. The molecule has 35 heavy (non-hydrogen) atoms. The van der Waals surface area contributed by atoms with E-state index in [0.717, 1.165) is 18.4 Å². The molecule has 0 bridgehead atoms. The molecule has 1 saturated heterocycles. The predicted molar refractivity (Wildman–Crippen MR) is 132 cm³/mol. The van der Waals surface area contributed by atoms with E-state index in [-0.39, 0.29) is 28.7 Å². The van der Waals surface area contributed by atoms with Crippen molar-refractivity contribution in [1.29, 1.82) is 0 Å². The first-order chi connectivity index (χ1) is 16.8. The van der Waals surface area contributed by atoms with Crippen molar-refractivity contribution in [3.63, 3.8) is 0 Å². The van der Waals surface area contributed by atoms with Crippen LogP contribution in [0.25, 0.3) is 22.1 Å². The van der Waals surface area contributed by atoms with Gasteiger partial charge < -0.3 is 14.1 Å². The van der Waals surface area contributed by atoms with Crippen molar-refractivity contribution >= 4 is 34.4 Å². The van der Waals surface area contributed by atoms with Crippen molar-refractivity contribution in [2.45, 2.75) is 33.1 Å². The van der Waals surface area contributed by atoms with E-state index in [4.69, 9.17) is 20.8 Å². The summed E-state index contributed by atoms with van der Waals surface area (Å²) in [6, 6.07) is 10.8. The second-order valence-corrected chi connectivity index (χ2v) is 9.32. The summed E-state index contributed by atoms with van der Waals surface area (Å²) in [4.78, 5) is 39.2. The van der Waals surface area contributed by atoms with Crippen molar-refractivity contribution in [2.24, 2.45) is 11.8 Å². The SMILES string of the molecule is CCOC(=O)[C@H]1CCCN(C(=O)[C@@H](C)Cc2ccc3c(-c4ccc(F)cc4Cl)cc(=O)oc3c2)C1. The molecule has 8 heteroatoms. The zero-order valence-electron chi connectivity index (χ0n) is 19.7. The highest BCUT2D eigenvalue weighted by Gasteiger charge is 2.31. The summed E-state index contributed by atoms with van der Waals surface area (Å²) in [6.07, 6.45) is 1.93. The van der Waals surface area contributed by atoms with Gasteiger partial charge in [-0.25, -0.2) is 9.18 Å². The number of nitrogens with zero attached hydrogens (tertiary/aromatic N) is 1. The van der Waals surface area contributed by atoms with Crippen LogP contribution in [0.1, 0.15) is 32.3 Å². The molecule has 1 aliphatic heterocycles. The summed E-state index contributed by atoms with van der Waals surface area (Å²) in [7, 11) is 0. The Bertz CT molecular complexity index is 1320. The Kier molecular flexibility index (Phi) is 7.55. The number of carbonyl (C=O) groups is 2. The number of rotatable bonds is 6. The third-order valence-corrected chi connectivity index (χ3v) is 6.66. The second kappa shape index (κ2) is 10.6. The van der Waals surface area contributed by atoms with E-state index >= 15 is 0 Å². The molecule has 0 radical (unpaired) electrons. The lowest BCUT2D eigenvalue weighted by Crippen LogP contribution is -2.45. The third-order valence-electron chi connectivity index (χ3n) is 6.35. The first-order valence-electron chi connectivity index (χ1n) is 11.7. The maximum absolute atomic E-state index is 13.5. The Morgan fingerprint density at radius 1 is 1.20 bits per heavy atom. The molecule has 2 heterocycles. The summed E-state index contributed by atoms with van der Waals surface area (Å²) in [5.41, 5.74) is 1.74. The summed E-state index contributed by atoms with van der Waals surface area (Å²) in [5.74, 6) is -1.35. The van der Waals surface area contributed by atoms with E-state index in [1.807, 2.05) is 19.1 Å². The van der Waals surface area contributed by atoms with E-state index < -0.39 is 11.4 Å². The first-order valence-corrected chi connectivity index (χ1v) is 12.1. The van der Waals surface area contributed by atoms with Crippen LogP contribution in [0.2, 0.25) is 5.02 Å². The smallest absolute Gasteiger partial charge is 0.336 e. The molecule has 1 aromatic heterocycles. The molecule has 1 fully saturated rings. The minimum atomic E-state index is -0.549. The van der Waals surface area contributed by atoms with Crippen LogP contribution in [0.15, 0.2) is 51.7 Å². The van der Waals surface area contributed by atoms with Crippen LogP contribution >= 0.6 is 11.6 Å². The van der Waals surface area contributed by atoms with E-state index in [1.54, 1.807) is 17.9 Å². The lowest BCUT2D eigenvalue weighted by atomic mass is 9.94. The van der Waals surface area contributed by atoms with Gasteiger partial charge in [0.05, 0.1) is 17.5 Å². The van der Waals surface area contributed by atoms with E-state index in [0.29, 0.717) is 48.2 Å². The van der Waals surface area contributed by atoms with Crippen LogP contribution in [-0.2, 0) is 20.7 Å². The number of halogens is 2. The molecular weight excluding hydrogens is 473 g/mol. The largest absolute Gasteiger partial charge is 0.466 e. The van der Waals surface area contributed by atoms with Crippen molar-refractivity contribution in [3.05, 3.63) is 69.3 Å². The Labute approximate surface area is 207 Å². The van der Waals surface area contributed by atoms with Crippen molar-refractivity contribution < 1.29 is 23.1 Å². The molecule has 184 valence electrons. The Hall–Kier alpha value is -3.19. The molecule has 6 nitrogen and oxygen atoms in total. The number of carbonyl (C=O) groups excluding carboxylic acids is 2. The number of hydrogen-bond donors (Lipinski definition) is 0. The van der Waals surface area contributed by atoms with E-state index in [9.17, 15) is 18.8 Å². The lowest BCUT2D eigenvalue weighted by molar-refractivity contribution is -0.151. The summed E-state index contributed by atoms with van der Waals surface area (Å²) >= 11 is 6.23. The Balaban J connectivity index is 1.54. The summed E-state index contributed by atoms with van der Waals surface area (Å²) < 4.78 is 24.1. The van der Waals surface area contributed by atoms with Gasteiger partial charge in [-0.3, -0.25) is 9.59 Å². The molecular formula is C27H27ClFNO5. The number of piperidine rings is 1. The highest BCUT2D eigenvalue weighted by atomic mass is 35.5. The number of ether oxygens (including phenoxy) is 1. The molecule has 0 aliphatic carbocycles. The van der Waals surface area contributed by atoms with Gasteiger partial charge >= 0.3 is 11.6 Å². The summed E-state index contributed by atoms with van der Waals surface area (Å²) in [5, 5.41) is 0.858. The standard InChI is InChI=1S/C27H27ClFNO5/c1-3-34-27(33)18-5-4-10-30(15-18)26(32)16(2)11-17-6-8-21-22(14-25(31)35-24(21)12-17)20-9-7-19(29)13-23(20)28/h6-9,12-14,16,18H,3-5,10-11,15H2,1-2H3/t16-,18-/m0/s1. The van der Waals surface area contributed by atoms with Crippen LogP contribution in [0.4, 0.5) is 4.39 Å². The van der Waals surface area contributed by atoms with Gasteiger partial charge in [-0.05, 0) is 56.0 Å². The molecule has 0 saturated carbocycles. The maximum Gasteiger partial charge on any atom is 0.336 e. The zero-order valence-corrected chi connectivity index (χ0v) is 20.4. The average Bonchev–Trinajstić information content (AvgIpc) is 2.83. The average molecular weight is 500 g/mol. The molecule has 0 spiro atoms. The molecule has 1 amide bonds. The zero-order chi connectivity index (χ0) is 25.1. The van der Waals surface area contributed by atoms with Gasteiger partial charge in [-0.15, -0.1) is 0 Å². The van der Waals surface area contributed by atoms with E-state index in [1.165, 1.54) is 24.3 Å². The number of esters is 1. The van der Waals surface area contributed by atoms with Gasteiger partial charge in [-0.2, -0.15) is 0 Å². The highest BCUT2D eigenvalue weighted by molar-refractivity contribution is 6.33. The first kappa shape index (κ1) is 24.9. The number of fused-ring (bicyclic) bond motifs is 1. The Morgan fingerprint density at radius 2 is 2.00 bits per heavy atom. The van der Waals surface area contributed by atoms with Crippen LogP contribution in [0, 0.1) is 17.7 Å². The maximum atomic E-state index is 13.5. The minimum absolute atomic E-state index is 0.0209. The number of likely N-dealkylation sites (tertiary alicyclic amines) is 1. The van der Waals surface area contributed by atoms with Gasteiger partial charge in [-0.1, -0.05) is 30.7 Å². The number of benzene rings is 2. The van der Waals surface area contributed by atoms with Gasteiger partial charge in [0.2, 0.25) is 5.91 Å². The van der Waals surface area contributed by atoms with Gasteiger partial charge in [0.25, 0.3) is 0 Å². The van der Waals surface area contributed by atoms with Crippen LogP contribution < -0.4 is 5.63 Å². The van der Waals surface area contributed by atoms with Crippen LogP contribution in [-0.4, -0.2) is 36.5 Å². The highest BCUT2D eigenvalue weighted by Crippen LogP contribution is 2.33. The number of amides is 1. The molecule has 4 rings (SSSR count). The molecule has 2 aromatic carbocycles. The molecule has 0 N–H and O–H groups in total. The molecule has 2 atom stereocenters. The predicted octanol–water partition coefficient (Wildman–Crippen LogP) is 5.23. The fraction of sp³-hybridized carbons (Fsp3) is 0.370. The van der Waals surface area contributed by atoms with Crippen molar-refractivity contribution in [3.8, 4) is 11.1 Å². The van der Waals surface area contributed by atoms with Gasteiger partial charge in [0, 0.05) is 41.6 Å². The minimum Gasteiger partial charge on any atom is -0.466 e.